The third-order valence-electron chi connectivity index (χ3n) is 4.09. The highest BCUT2D eigenvalue weighted by Crippen LogP contribution is 2.28. The Morgan fingerprint density at radius 3 is 2.67 bits per heavy atom. The predicted octanol–water partition coefficient (Wildman–Crippen LogP) is 2.62. The summed E-state index contributed by atoms with van der Waals surface area (Å²) < 4.78 is 27.6. The molecule has 1 fully saturated rings. The third kappa shape index (κ3) is 4.41. The van der Waals surface area contributed by atoms with Crippen LogP contribution in [0.15, 0.2) is 23.4 Å². The number of rotatable bonds is 6. The minimum atomic E-state index is -3.55. The van der Waals surface area contributed by atoms with Crippen LogP contribution in [-0.4, -0.2) is 26.5 Å². The van der Waals surface area contributed by atoms with Crippen LogP contribution in [0.25, 0.3) is 0 Å². The highest BCUT2D eigenvalue weighted by molar-refractivity contribution is 7.89. The summed E-state index contributed by atoms with van der Waals surface area (Å²) in [5.41, 5.74) is 0.560. The molecule has 2 rings (SSSR count). The van der Waals surface area contributed by atoms with Crippen LogP contribution in [0.1, 0.15) is 39.5 Å². The van der Waals surface area contributed by atoms with Crippen LogP contribution in [0.3, 0.4) is 0 Å². The van der Waals surface area contributed by atoms with Crippen LogP contribution in [0.2, 0.25) is 0 Å². The van der Waals surface area contributed by atoms with Gasteiger partial charge in [-0.25, -0.2) is 18.1 Å². The van der Waals surface area contributed by atoms with E-state index in [0.29, 0.717) is 24.7 Å². The van der Waals surface area contributed by atoms with Gasteiger partial charge in [0.05, 0.1) is 5.69 Å². The van der Waals surface area contributed by atoms with Crippen LogP contribution >= 0.6 is 0 Å². The lowest BCUT2D eigenvalue weighted by molar-refractivity contribution is 0.290. The maximum atomic E-state index is 12.4. The Kier molecular flexibility index (Phi) is 5.58. The fraction of sp³-hybridized carbons (Fsp3) is 0.667. The van der Waals surface area contributed by atoms with Crippen molar-refractivity contribution in [3.8, 4) is 0 Å². The van der Waals surface area contributed by atoms with Gasteiger partial charge in [-0.15, -0.1) is 0 Å². The molecule has 1 saturated carbocycles. The average Bonchev–Trinajstić information content (AvgIpc) is 2.47. The van der Waals surface area contributed by atoms with Crippen molar-refractivity contribution in [3.63, 3.8) is 0 Å². The van der Waals surface area contributed by atoms with Gasteiger partial charge in [0.25, 0.3) is 10.0 Å². The maximum absolute atomic E-state index is 12.4. The number of sulfonamides is 1. The first-order valence-corrected chi connectivity index (χ1v) is 9.19. The molecule has 2 N–H and O–H groups in total. The molecule has 1 aromatic rings. The minimum absolute atomic E-state index is 0.0935. The Morgan fingerprint density at radius 2 is 2.00 bits per heavy atom. The fourth-order valence-electron chi connectivity index (χ4n) is 2.76. The number of aromatic nitrogens is 1. The van der Waals surface area contributed by atoms with Gasteiger partial charge in [-0.2, -0.15) is 0 Å². The molecule has 118 valence electrons. The van der Waals surface area contributed by atoms with E-state index >= 15 is 0 Å². The number of nitrogens with one attached hydrogen (secondary N) is 2. The van der Waals surface area contributed by atoms with Gasteiger partial charge in [0, 0.05) is 19.3 Å². The standard InChI is InChI=1S/C15H25N3O2S/c1-3-16-14-5-4-10-17-15(14)21(19,20)18-11-13-8-6-12(2)7-9-13/h4-5,10,12-13,16,18H,3,6-9,11H2,1-2H3. The van der Waals surface area contributed by atoms with Crippen molar-refractivity contribution < 1.29 is 8.42 Å². The molecule has 0 amide bonds. The Morgan fingerprint density at radius 1 is 1.29 bits per heavy atom. The molecule has 5 nitrogen and oxygen atoms in total. The Hall–Kier alpha value is -1.14. The molecule has 0 aromatic carbocycles. The van der Waals surface area contributed by atoms with E-state index < -0.39 is 10.0 Å². The molecule has 0 bridgehead atoms. The highest BCUT2D eigenvalue weighted by atomic mass is 32.2. The highest BCUT2D eigenvalue weighted by Gasteiger charge is 2.23. The normalized spacial score (nSPS) is 23.0. The summed E-state index contributed by atoms with van der Waals surface area (Å²) in [6, 6.07) is 3.48. The molecule has 0 spiro atoms. The molecule has 1 heterocycles. The number of anilines is 1. The van der Waals surface area contributed by atoms with Gasteiger partial charge in [-0.05, 0) is 43.7 Å². The SMILES string of the molecule is CCNc1cccnc1S(=O)(=O)NCC1CCC(C)CC1. The first-order chi connectivity index (χ1) is 10.0. The van der Waals surface area contributed by atoms with Crippen molar-refractivity contribution in [2.24, 2.45) is 11.8 Å². The van der Waals surface area contributed by atoms with Crippen molar-refractivity contribution in [2.75, 3.05) is 18.4 Å². The van der Waals surface area contributed by atoms with E-state index in [0.717, 1.165) is 18.8 Å². The van der Waals surface area contributed by atoms with Crippen molar-refractivity contribution in [1.82, 2.24) is 9.71 Å². The second kappa shape index (κ2) is 7.22. The number of nitrogens with zero attached hydrogens (tertiary/aromatic N) is 1. The van der Waals surface area contributed by atoms with Gasteiger partial charge in [0.2, 0.25) is 0 Å². The van der Waals surface area contributed by atoms with E-state index in [9.17, 15) is 8.42 Å². The lowest BCUT2D eigenvalue weighted by atomic mass is 9.83. The number of pyridine rings is 1. The van der Waals surface area contributed by atoms with Crippen molar-refractivity contribution >= 4 is 15.7 Å². The van der Waals surface area contributed by atoms with E-state index in [2.05, 4.69) is 21.9 Å². The second-order valence-corrected chi connectivity index (χ2v) is 7.55. The van der Waals surface area contributed by atoms with Gasteiger partial charge in [0.15, 0.2) is 5.03 Å². The van der Waals surface area contributed by atoms with E-state index in [1.807, 2.05) is 6.92 Å². The van der Waals surface area contributed by atoms with Crippen molar-refractivity contribution in [3.05, 3.63) is 18.3 Å². The summed E-state index contributed by atoms with van der Waals surface area (Å²) in [4.78, 5) is 4.03. The zero-order chi connectivity index (χ0) is 15.3. The van der Waals surface area contributed by atoms with Crippen molar-refractivity contribution in [2.45, 2.75) is 44.6 Å². The number of hydrogen-bond donors (Lipinski definition) is 2. The monoisotopic (exact) mass is 311 g/mol. The van der Waals surface area contributed by atoms with E-state index in [1.165, 1.54) is 19.0 Å². The van der Waals surface area contributed by atoms with Crippen LogP contribution in [0.4, 0.5) is 5.69 Å². The molecular weight excluding hydrogens is 286 g/mol. The molecule has 0 aliphatic heterocycles. The zero-order valence-corrected chi connectivity index (χ0v) is 13.6. The molecule has 21 heavy (non-hydrogen) atoms. The molecule has 1 aromatic heterocycles. The van der Waals surface area contributed by atoms with Gasteiger partial charge in [0.1, 0.15) is 0 Å². The van der Waals surface area contributed by atoms with E-state index in [4.69, 9.17) is 0 Å². The lowest BCUT2D eigenvalue weighted by Crippen LogP contribution is -2.32. The largest absolute Gasteiger partial charge is 0.383 e. The summed E-state index contributed by atoms with van der Waals surface area (Å²) in [5.74, 6) is 1.22. The Balaban J connectivity index is 2.01. The second-order valence-electron chi connectivity index (χ2n) is 5.86. The topological polar surface area (TPSA) is 71.1 Å². The quantitative estimate of drug-likeness (QED) is 0.847. The average molecular weight is 311 g/mol. The van der Waals surface area contributed by atoms with Crippen molar-refractivity contribution in [1.29, 1.82) is 0 Å². The summed E-state index contributed by atoms with van der Waals surface area (Å²) in [6.45, 7) is 5.36. The lowest BCUT2D eigenvalue weighted by Gasteiger charge is -2.26. The third-order valence-corrected chi connectivity index (χ3v) is 5.47. The zero-order valence-electron chi connectivity index (χ0n) is 12.8. The first kappa shape index (κ1) is 16.2. The molecule has 0 atom stereocenters. The molecule has 0 radical (unpaired) electrons. The van der Waals surface area contributed by atoms with Crippen LogP contribution in [0, 0.1) is 11.8 Å². The number of hydrogen-bond acceptors (Lipinski definition) is 4. The fourth-order valence-corrected chi connectivity index (χ4v) is 3.98. The van der Waals surface area contributed by atoms with Crippen LogP contribution < -0.4 is 10.0 Å². The molecule has 1 aliphatic carbocycles. The van der Waals surface area contributed by atoms with Gasteiger partial charge >= 0.3 is 0 Å². The Labute approximate surface area is 127 Å². The summed E-state index contributed by atoms with van der Waals surface area (Å²) in [7, 11) is -3.55. The molecule has 0 unspecified atom stereocenters. The predicted molar refractivity (Wildman–Crippen MR) is 84.7 cm³/mol. The molecular formula is C15H25N3O2S. The first-order valence-electron chi connectivity index (χ1n) is 7.71. The van der Waals surface area contributed by atoms with Gasteiger partial charge in [-0.3, -0.25) is 0 Å². The summed E-state index contributed by atoms with van der Waals surface area (Å²) in [5, 5.41) is 3.14. The van der Waals surface area contributed by atoms with Gasteiger partial charge < -0.3 is 5.32 Å². The summed E-state index contributed by atoms with van der Waals surface area (Å²) in [6.07, 6.45) is 6.10. The molecule has 6 heteroatoms. The van der Waals surface area contributed by atoms with E-state index in [1.54, 1.807) is 12.1 Å². The molecule has 1 aliphatic rings. The Bertz CT molecular complexity index is 552. The summed E-state index contributed by atoms with van der Waals surface area (Å²) >= 11 is 0. The maximum Gasteiger partial charge on any atom is 0.260 e. The van der Waals surface area contributed by atoms with Gasteiger partial charge in [-0.1, -0.05) is 19.8 Å². The molecule has 0 saturated heterocycles. The smallest absolute Gasteiger partial charge is 0.260 e. The van der Waals surface area contributed by atoms with Crippen LogP contribution in [0.5, 0.6) is 0 Å². The van der Waals surface area contributed by atoms with E-state index in [-0.39, 0.29) is 5.03 Å². The minimum Gasteiger partial charge on any atom is -0.383 e. The van der Waals surface area contributed by atoms with Crippen LogP contribution in [-0.2, 0) is 10.0 Å².